The molecular weight excluding hydrogens is 270 g/mol. The Kier molecular flexibility index (Phi) is 6.23. The Morgan fingerprint density at radius 1 is 0.909 bits per heavy atom. The first-order chi connectivity index (χ1) is 10.7. The van der Waals surface area contributed by atoms with Crippen LogP contribution in [0.2, 0.25) is 0 Å². The van der Waals surface area contributed by atoms with Crippen LogP contribution in [0, 0.1) is 0 Å². The van der Waals surface area contributed by atoms with E-state index in [4.69, 9.17) is 4.74 Å². The van der Waals surface area contributed by atoms with E-state index < -0.39 is 0 Å². The molecule has 0 aliphatic carbocycles. The Balaban J connectivity index is 1.99. The van der Waals surface area contributed by atoms with Crippen LogP contribution < -0.4 is 4.74 Å². The van der Waals surface area contributed by atoms with E-state index in [0.717, 1.165) is 31.1 Å². The maximum Gasteiger partial charge on any atom is 0.127 e. The average molecular weight is 295 g/mol. The van der Waals surface area contributed by atoms with Crippen molar-refractivity contribution < 1.29 is 4.74 Å². The summed E-state index contributed by atoms with van der Waals surface area (Å²) < 4.78 is 5.81. The summed E-state index contributed by atoms with van der Waals surface area (Å²) in [4.78, 5) is 2.42. The van der Waals surface area contributed by atoms with Gasteiger partial charge in [-0.25, -0.2) is 0 Å². The van der Waals surface area contributed by atoms with Crippen LogP contribution in [-0.2, 0) is 0 Å². The van der Waals surface area contributed by atoms with Crippen LogP contribution in [0.4, 0.5) is 0 Å². The highest BCUT2D eigenvalue weighted by Gasteiger charge is 2.01. The lowest BCUT2D eigenvalue weighted by Gasteiger charge is -2.18. The van der Waals surface area contributed by atoms with E-state index in [9.17, 15) is 0 Å². The monoisotopic (exact) mass is 295 g/mol. The third kappa shape index (κ3) is 5.05. The fourth-order valence-electron chi connectivity index (χ4n) is 2.39. The van der Waals surface area contributed by atoms with E-state index in [-0.39, 0.29) is 0 Å². The smallest absolute Gasteiger partial charge is 0.127 e. The molecule has 22 heavy (non-hydrogen) atoms. The third-order valence-electron chi connectivity index (χ3n) is 3.64. The number of likely N-dealkylation sites (N-methyl/N-ethyl adjacent to an activating group) is 1. The second kappa shape index (κ2) is 8.40. The van der Waals surface area contributed by atoms with Crippen molar-refractivity contribution in [2.24, 2.45) is 0 Å². The fraction of sp³-hybridized carbons (Fsp3) is 0.300. The topological polar surface area (TPSA) is 12.5 Å². The molecule has 0 fully saturated rings. The normalized spacial score (nSPS) is 11.7. The second-order valence-electron chi connectivity index (χ2n) is 5.44. The maximum atomic E-state index is 5.81. The van der Waals surface area contributed by atoms with Crippen molar-refractivity contribution in [3.05, 3.63) is 65.7 Å². The summed E-state index contributed by atoms with van der Waals surface area (Å²) >= 11 is 0. The van der Waals surface area contributed by atoms with Crippen molar-refractivity contribution in [1.82, 2.24) is 4.90 Å². The van der Waals surface area contributed by atoms with Gasteiger partial charge in [0.15, 0.2) is 0 Å². The Morgan fingerprint density at radius 3 is 2.09 bits per heavy atom. The van der Waals surface area contributed by atoms with Gasteiger partial charge in [0.25, 0.3) is 0 Å². The van der Waals surface area contributed by atoms with Gasteiger partial charge in [-0.15, -0.1) is 0 Å². The molecule has 2 rings (SSSR count). The zero-order valence-electron chi connectivity index (χ0n) is 13.8. The molecule has 0 bridgehead atoms. The van der Waals surface area contributed by atoms with Crippen LogP contribution in [0.25, 0.3) is 6.08 Å². The van der Waals surface area contributed by atoms with Gasteiger partial charge in [-0.1, -0.05) is 55.8 Å². The highest BCUT2D eigenvalue weighted by atomic mass is 16.5. The number of hydrogen-bond donors (Lipinski definition) is 0. The summed E-state index contributed by atoms with van der Waals surface area (Å²) in [5.41, 5.74) is 2.59. The SMILES string of the molecule is CCN(CC)CC(C)=Cc1ccc(Oc2ccccc2)cc1. The Morgan fingerprint density at radius 2 is 1.50 bits per heavy atom. The largest absolute Gasteiger partial charge is 0.457 e. The zero-order chi connectivity index (χ0) is 15.8. The van der Waals surface area contributed by atoms with Crippen molar-refractivity contribution >= 4 is 6.08 Å². The van der Waals surface area contributed by atoms with Gasteiger partial charge in [-0.05, 0) is 49.8 Å². The third-order valence-corrected chi connectivity index (χ3v) is 3.64. The highest BCUT2D eigenvalue weighted by Crippen LogP contribution is 2.21. The lowest BCUT2D eigenvalue weighted by atomic mass is 10.1. The summed E-state index contributed by atoms with van der Waals surface area (Å²) in [6, 6.07) is 18.1. The van der Waals surface area contributed by atoms with Gasteiger partial charge >= 0.3 is 0 Å². The Hall–Kier alpha value is -2.06. The molecule has 0 N–H and O–H groups in total. The van der Waals surface area contributed by atoms with Crippen LogP contribution in [0.15, 0.2) is 60.2 Å². The van der Waals surface area contributed by atoms with E-state index in [2.05, 4.69) is 43.9 Å². The first kappa shape index (κ1) is 16.3. The quantitative estimate of drug-likeness (QED) is 0.694. The van der Waals surface area contributed by atoms with Crippen LogP contribution in [0.3, 0.4) is 0 Å². The minimum atomic E-state index is 0.864. The van der Waals surface area contributed by atoms with Gasteiger partial charge in [0, 0.05) is 6.54 Å². The molecule has 0 aliphatic rings. The second-order valence-corrected chi connectivity index (χ2v) is 5.44. The van der Waals surface area contributed by atoms with Gasteiger partial charge in [-0.3, -0.25) is 4.90 Å². The molecular formula is C20H25NO. The average Bonchev–Trinajstić information content (AvgIpc) is 2.55. The lowest BCUT2D eigenvalue weighted by molar-refractivity contribution is 0.330. The van der Waals surface area contributed by atoms with E-state index >= 15 is 0 Å². The van der Waals surface area contributed by atoms with Crippen LogP contribution >= 0.6 is 0 Å². The van der Waals surface area contributed by atoms with E-state index in [1.165, 1.54) is 11.1 Å². The van der Waals surface area contributed by atoms with Gasteiger partial charge in [0.05, 0.1) is 0 Å². The number of nitrogens with zero attached hydrogens (tertiary/aromatic N) is 1. The first-order valence-corrected chi connectivity index (χ1v) is 7.93. The molecule has 0 saturated carbocycles. The zero-order valence-corrected chi connectivity index (χ0v) is 13.8. The molecule has 0 spiro atoms. The molecule has 0 atom stereocenters. The number of rotatable bonds is 7. The maximum absolute atomic E-state index is 5.81. The summed E-state index contributed by atoms with van der Waals surface area (Å²) in [5, 5.41) is 0. The van der Waals surface area contributed by atoms with E-state index in [1.807, 2.05) is 42.5 Å². The molecule has 0 aliphatic heterocycles. The molecule has 0 unspecified atom stereocenters. The van der Waals surface area contributed by atoms with Gasteiger partial charge in [-0.2, -0.15) is 0 Å². The van der Waals surface area contributed by atoms with Crippen molar-refractivity contribution in [1.29, 1.82) is 0 Å². The molecule has 0 heterocycles. The van der Waals surface area contributed by atoms with Crippen molar-refractivity contribution in [3.63, 3.8) is 0 Å². The standard InChI is InChI=1S/C20H25NO/c1-4-21(5-2)16-17(3)15-18-11-13-20(14-12-18)22-19-9-7-6-8-10-19/h6-15H,4-5,16H2,1-3H3. The molecule has 0 amide bonds. The van der Waals surface area contributed by atoms with E-state index in [0.29, 0.717) is 0 Å². The molecule has 2 heteroatoms. The van der Waals surface area contributed by atoms with Crippen LogP contribution in [-0.4, -0.2) is 24.5 Å². The Labute approximate surface area is 134 Å². The highest BCUT2D eigenvalue weighted by molar-refractivity contribution is 5.54. The predicted octanol–water partition coefficient (Wildman–Crippen LogP) is 5.22. The summed E-state index contributed by atoms with van der Waals surface area (Å²) in [7, 11) is 0. The van der Waals surface area contributed by atoms with Gasteiger partial charge in [0.2, 0.25) is 0 Å². The molecule has 2 nitrogen and oxygen atoms in total. The predicted molar refractivity (Wildman–Crippen MR) is 94.4 cm³/mol. The van der Waals surface area contributed by atoms with Crippen molar-refractivity contribution in [2.75, 3.05) is 19.6 Å². The molecule has 0 radical (unpaired) electrons. The summed E-state index contributed by atoms with van der Waals surface area (Å²) in [5.74, 6) is 1.73. The number of benzene rings is 2. The molecule has 0 aromatic heterocycles. The van der Waals surface area contributed by atoms with Crippen LogP contribution in [0.5, 0.6) is 11.5 Å². The number of hydrogen-bond acceptors (Lipinski definition) is 2. The first-order valence-electron chi connectivity index (χ1n) is 7.93. The molecule has 2 aromatic carbocycles. The Bertz CT molecular complexity index is 583. The fourth-order valence-corrected chi connectivity index (χ4v) is 2.39. The van der Waals surface area contributed by atoms with Gasteiger partial charge in [0.1, 0.15) is 11.5 Å². The van der Waals surface area contributed by atoms with Crippen molar-refractivity contribution in [3.8, 4) is 11.5 Å². The summed E-state index contributed by atoms with van der Waals surface area (Å²) in [6.07, 6.45) is 2.24. The number of para-hydroxylation sites is 1. The lowest BCUT2D eigenvalue weighted by Crippen LogP contribution is -2.24. The minimum absolute atomic E-state index is 0.864. The molecule has 116 valence electrons. The van der Waals surface area contributed by atoms with E-state index in [1.54, 1.807) is 0 Å². The number of ether oxygens (including phenoxy) is 1. The van der Waals surface area contributed by atoms with Gasteiger partial charge < -0.3 is 4.74 Å². The molecule has 2 aromatic rings. The minimum Gasteiger partial charge on any atom is -0.457 e. The van der Waals surface area contributed by atoms with Crippen molar-refractivity contribution in [2.45, 2.75) is 20.8 Å². The summed E-state index contributed by atoms with van der Waals surface area (Å²) in [6.45, 7) is 9.79. The molecule has 0 saturated heterocycles. The van der Waals surface area contributed by atoms with Crippen LogP contribution in [0.1, 0.15) is 26.3 Å².